The number of primary sulfonamides is 1. The molecule has 0 fully saturated rings. The normalized spacial score (nSPS) is 13.2. The van der Waals surface area contributed by atoms with Gasteiger partial charge in [0, 0.05) is 24.4 Å². The molecule has 190 valence electrons. The number of sulfone groups is 1. The van der Waals surface area contributed by atoms with Gasteiger partial charge in [0.15, 0.2) is 20.8 Å². The Morgan fingerprint density at radius 3 is 2.46 bits per heavy atom. The summed E-state index contributed by atoms with van der Waals surface area (Å²) in [6.07, 6.45) is 0.885. The van der Waals surface area contributed by atoms with Gasteiger partial charge in [-0.2, -0.15) is 0 Å². The second kappa shape index (κ2) is 10.4. The van der Waals surface area contributed by atoms with Crippen molar-refractivity contribution in [1.29, 1.82) is 0 Å². The molecule has 3 aromatic rings. The number of thiazole rings is 1. The fourth-order valence-electron chi connectivity index (χ4n) is 3.05. The number of carbonyl (C=O) groups is 2. The standard InChI is InChI=1S/C20H25N5O7S3/c1-11(2)14-9-13(32-25-14)10-23-18(26)12-4-5-16-15(8-12)24-20(33-16)17(34(3,28)29)19(27)22-6-7-35(21,30)31/h4-5,8-9,11,17H,6-7,10H2,1-3H3,(H,22,27)(H,23,26)(H2,21,30,31). The zero-order valence-electron chi connectivity index (χ0n) is 19.1. The molecule has 12 nitrogen and oxygen atoms in total. The molecular formula is C20H25N5O7S3. The largest absolute Gasteiger partial charge is 0.359 e. The Bertz CT molecular complexity index is 1460. The SMILES string of the molecule is CC(C)c1cc(CNC(=O)c2ccc3sc(C(C(=O)NCCS(N)(=O)=O)S(C)(=O)=O)nc3c2)on1. The lowest BCUT2D eigenvalue weighted by Gasteiger charge is -2.12. The first kappa shape index (κ1) is 26.7. The van der Waals surface area contributed by atoms with Crippen LogP contribution in [0, 0.1) is 0 Å². The molecule has 1 atom stereocenters. The molecule has 0 saturated heterocycles. The van der Waals surface area contributed by atoms with E-state index in [1.54, 1.807) is 18.2 Å². The molecule has 0 radical (unpaired) electrons. The smallest absolute Gasteiger partial charge is 0.251 e. The summed E-state index contributed by atoms with van der Waals surface area (Å²) in [6.45, 7) is 3.73. The number of rotatable bonds is 10. The summed E-state index contributed by atoms with van der Waals surface area (Å²) in [4.78, 5) is 29.4. The van der Waals surface area contributed by atoms with Crippen molar-refractivity contribution < 1.29 is 30.9 Å². The van der Waals surface area contributed by atoms with E-state index in [-0.39, 0.29) is 29.6 Å². The number of aromatic nitrogens is 2. The molecule has 2 aromatic heterocycles. The average Bonchev–Trinajstić information content (AvgIpc) is 3.36. The molecule has 35 heavy (non-hydrogen) atoms. The van der Waals surface area contributed by atoms with Crippen molar-refractivity contribution in [2.24, 2.45) is 5.14 Å². The molecule has 2 amide bonds. The first-order chi connectivity index (χ1) is 16.2. The minimum atomic E-state index is -3.94. The Hall–Kier alpha value is -2.88. The molecule has 0 saturated carbocycles. The Kier molecular flexibility index (Phi) is 7.93. The van der Waals surface area contributed by atoms with Crippen LogP contribution in [-0.2, 0) is 31.2 Å². The molecule has 1 unspecified atom stereocenters. The summed E-state index contributed by atoms with van der Waals surface area (Å²) in [7, 11) is -7.77. The number of nitrogens with zero attached hydrogens (tertiary/aromatic N) is 2. The highest BCUT2D eigenvalue weighted by molar-refractivity contribution is 7.91. The van der Waals surface area contributed by atoms with Gasteiger partial charge in [0.25, 0.3) is 5.91 Å². The van der Waals surface area contributed by atoms with Crippen molar-refractivity contribution in [2.75, 3.05) is 18.6 Å². The molecule has 0 aliphatic rings. The molecular weight excluding hydrogens is 518 g/mol. The molecule has 0 aliphatic heterocycles. The summed E-state index contributed by atoms with van der Waals surface area (Å²) in [5, 5.41) is 12.2. The van der Waals surface area contributed by atoms with Crippen LogP contribution in [0.25, 0.3) is 10.2 Å². The van der Waals surface area contributed by atoms with Gasteiger partial charge in [-0.1, -0.05) is 19.0 Å². The van der Waals surface area contributed by atoms with Crippen molar-refractivity contribution in [3.05, 3.63) is 46.3 Å². The van der Waals surface area contributed by atoms with Crippen LogP contribution in [-0.4, -0.2) is 57.3 Å². The van der Waals surface area contributed by atoms with E-state index < -0.39 is 42.7 Å². The highest BCUT2D eigenvalue weighted by atomic mass is 32.2. The average molecular weight is 544 g/mol. The van der Waals surface area contributed by atoms with E-state index in [1.165, 1.54) is 6.07 Å². The van der Waals surface area contributed by atoms with Gasteiger partial charge in [-0.25, -0.2) is 27.0 Å². The predicted octanol–water partition coefficient (Wildman–Crippen LogP) is 0.828. The molecule has 2 heterocycles. The van der Waals surface area contributed by atoms with Crippen LogP contribution < -0.4 is 15.8 Å². The number of sulfonamides is 1. The van der Waals surface area contributed by atoms with E-state index in [2.05, 4.69) is 20.8 Å². The molecule has 15 heteroatoms. The van der Waals surface area contributed by atoms with Crippen LogP contribution in [0.4, 0.5) is 0 Å². The van der Waals surface area contributed by atoms with E-state index in [9.17, 15) is 26.4 Å². The number of hydrogen-bond donors (Lipinski definition) is 3. The third-order valence-corrected chi connectivity index (χ3v) is 8.15. The molecule has 1 aromatic carbocycles. The number of carbonyl (C=O) groups excluding carboxylic acids is 2. The van der Waals surface area contributed by atoms with E-state index in [4.69, 9.17) is 9.66 Å². The molecule has 3 rings (SSSR count). The van der Waals surface area contributed by atoms with Gasteiger partial charge in [-0.05, 0) is 24.1 Å². The number of nitrogens with two attached hydrogens (primary N) is 1. The molecule has 4 N–H and O–H groups in total. The molecule has 0 bridgehead atoms. The van der Waals surface area contributed by atoms with Crippen LogP contribution in [0.1, 0.15) is 51.8 Å². The third kappa shape index (κ3) is 7.06. The van der Waals surface area contributed by atoms with Gasteiger partial charge in [0.2, 0.25) is 15.9 Å². The van der Waals surface area contributed by atoms with Gasteiger partial charge in [-0.15, -0.1) is 11.3 Å². The highest BCUT2D eigenvalue weighted by Crippen LogP contribution is 2.31. The van der Waals surface area contributed by atoms with Crippen LogP contribution in [0.5, 0.6) is 0 Å². The van der Waals surface area contributed by atoms with E-state index >= 15 is 0 Å². The maximum absolute atomic E-state index is 12.6. The summed E-state index contributed by atoms with van der Waals surface area (Å²) in [5.41, 5.74) is 1.40. The lowest BCUT2D eigenvalue weighted by molar-refractivity contribution is -0.120. The van der Waals surface area contributed by atoms with E-state index in [1.807, 2.05) is 13.8 Å². The zero-order valence-corrected chi connectivity index (χ0v) is 21.6. The van der Waals surface area contributed by atoms with Crippen LogP contribution in [0.15, 0.2) is 28.8 Å². The summed E-state index contributed by atoms with van der Waals surface area (Å²) >= 11 is 0.987. The first-order valence-corrected chi connectivity index (χ1v) is 14.8. The van der Waals surface area contributed by atoms with Gasteiger partial charge in [0.1, 0.15) is 5.01 Å². The number of benzene rings is 1. The number of amides is 2. The highest BCUT2D eigenvalue weighted by Gasteiger charge is 2.34. The summed E-state index contributed by atoms with van der Waals surface area (Å²) < 4.78 is 52.6. The van der Waals surface area contributed by atoms with E-state index in [0.717, 1.165) is 23.3 Å². The fourth-order valence-corrected chi connectivity index (χ4v) is 5.93. The molecule has 0 spiro atoms. The number of nitrogens with one attached hydrogen (secondary N) is 2. The zero-order chi connectivity index (χ0) is 26.0. The summed E-state index contributed by atoms with van der Waals surface area (Å²) in [5.74, 6) is -1.16. The second-order valence-corrected chi connectivity index (χ2v) is 13.1. The topological polar surface area (TPSA) is 191 Å². The Balaban J connectivity index is 1.77. The first-order valence-electron chi connectivity index (χ1n) is 10.4. The minimum absolute atomic E-state index is 0.00367. The Labute approximate surface area is 206 Å². The van der Waals surface area contributed by atoms with Crippen molar-refractivity contribution in [3.63, 3.8) is 0 Å². The lowest BCUT2D eigenvalue weighted by atomic mass is 10.1. The quantitative estimate of drug-likeness (QED) is 0.332. The maximum Gasteiger partial charge on any atom is 0.251 e. The second-order valence-electron chi connectivity index (χ2n) is 8.16. The van der Waals surface area contributed by atoms with Crippen LogP contribution in [0.2, 0.25) is 0 Å². The van der Waals surface area contributed by atoms with Crippen molar-refractivity contribution in [1.82, 2.24) is 20.8 Å². The number of fused-ring (bicyclic) bond motifs is 1. The fraction of sp³-hybridized carbons (Fsp3) is 0.400. The van der Waals surface area contributed by atoms with Crippen molar-refractivity contribution >= 4 is 53.2 Å². The monoisotopic (exact) mass is 543 g/mol. The van der Waals surface area contributed by atoms with Crippen LogP contribution >= 0.6 is 11.3 Å². The maximum atomic E-state index is 12.6. The van der Waals surface area contributed by atoms with E-state index in [0.29, 0.717) is 16.0 Å². The lowest BCUT2D eigenvalue weighted by Crippen LogP contribution is -2.37. The summed E-state index contributed by atoms with van der Waals surface area (Å²) in [6, 6.07) is 6.42. The predicted molar refractivity (Wildman–Crippen MR) is 130 cm³/mol. The van der Waals surface area contributed by atoms with Crippen LogP contribution in [0.3, 0.4) is 0 Å². The molecule has 0 aliphatic carbocycles. The Morgan fingerprint density at radius 2 is 1.86 bits per heavy atom. The van der Waals surface area contributed by atoms with Gasteiger partial charge in [0.05, 0.1) is 28.2 Å². The van der Waals surface area contributed by atoms with Gasteiger partial charge >= 0.3 is 0 Å². The number of hydrogen-bond acceptors (Lipinski definition) is 10. The van der Waals surface area contributed by atoms with Gasteiger partial charge < -0.3 is 15.2 Å². The van der Waals surface area contributed by atoms with Crippen molar-refractivity contribution in [3.8, 4) is 0 Å². The minimum Gasteiger partial charge on any atom is -0.359 e. The third-order valence-electron chi connectivity index (χ3n) is 4.83. The van der Waals surface area contributed by atoms with Gasteiger partial charge in [-0.3, -0.25) is 9.59 Å². The van der Waals surface area contributed by atoms with Crippen molar-refractivity contribution in [2.45, 2.75) is 31.6 Å². The Morgan fingerprint density at radius 1 is 1.14 bits per heavy atom.